The standard InChI is InChI=1S/C12H19NO4/c1-16-11(15)12(7-17-8-12)10(14)13-9-5-3-2-4-6-9/h9H,2-8H2,1H3,(H,13,14). The Balaban J connectivity index is 1.95. The van der Waals surface area contributed by atoms with Crippen LogP contribution in [0, 0.1) is 5.41 Å². The number of carbonyl (C=O) groups excluding carboxylic acids is 2. The van der Waals surface area contributed by atoms with Gasteiger partial charge in [-0.2, -0.15) is 0 Å². The molecule has 0 unspecified atom stereocenters. The van der Waals surface area contributed by atoms with Crippen molar-refractivity contribution < 1.29 is 19.1 Å². The third-order valence-corrected chi connectivity index (χ3v) is 3.65. The molecule has 0 atom stereocenters. The van der Waals surface area contributed by atoms with Crippen molar-refractivity contribution in [1.29, 1.82) is 0 Å². The molecular formula is C12H19NO4. The predicted molar refractivity (Wildman–Crippen MR) is 60.3 cm³/mol. The SMILES string of the molecule is COC(=O)C1(C(=O)NC2CCCCC2)COC1. The number of ether oxygens (including phenoxy) is 2. The van der Waals surface area contributed by atoms with Gasteiger partial charge in [-0.15, -0.1) is 0 Å². The van der Waals surface area contributed by atoms with E-state index < -0.39 is 11.4 Å². The maximum atomic E-state index is 12.1. The highest BCUT2D eigenvalue weighted by Gasteiger charge is 2.54. The summed E-state index contributed by atoms with van der Waals surface area (Å²) in [6.07, 6.45) is 5.53. The van der Waals surface area contributed by atoms with Crippen molar-refractivity contribution in [1.82, 2.24) is 5.32 Å². The Morgan fingerprint density at radius 1 is 1.24 bits per heavy atom. The molecule has 5 nitrogen and oxygen atoms in total. The van der Waals surface area contributed by atoms with Crippen molar-refractivity contribution in [2.45, 2.75) is 38.1 Å². The minimum Gasteiger partial charge on any atom is -0.468 e. The Hall–Kier alpha value is -1.10. The van der Waals surface area contributed by atoms with E-state index in [4.69, 9.17) is 4.74 Å². The average molecular weight is 241 g/mol. The van der Waals surface area contributed by atoms with E-state index in [1.54, 1.807) is 0 Å². The number of rotatable bonds is 3. The zero-order chi connectivity index (χ0) is 12.3. The fourth-order valence-corrected chi connectivity index (χ4v) is 2.41. The van der Waals surface area contributed by atoms with Gasteiger partial charge in [0.1, 0.15) is 0 Å². The summed E-state index contributed by atoms with van der Waals surface area (Å²) in [6, 6.07) is 0.207. The van der Waals surface area contributed by atoms with Gasteiger partial charge in [-0.25, -0.2) is 0 Å². The predicted octanol–water partition coefficient (Wildman–Crippen LogP) is 0.625. The molecule has 0 aromatic rings. The lowest BCUT2D eigenvalue weighted by atomic mass is 9.84. The molecule has 1 heterocycles. The number of amides is 1. The maximum absolute atomic E-state index is 12.1. The highest BCUT2D eigenvalue weighted by atomic mass is 16.5. The van der Waals surface area contributed by atoms with Gasteiger partial charge in [0.2, 0.25) is 5.91 Å². The van der Waals surface area contributed by atoms with Crippen LogP contribution in [-0.4, -0.2) is 38.2 Å². The van der Waals surface area contributed by atoms with Gasteiger partial charge in [0.05, 0.1) is 20.3 Å². The first kappa shape index (κ1) is 12.4. The zero-order valence-electron chi connectivity index (χ0n) is 10.2. The van der Waals surface area contributed by atoms with Gasteiger partial charge in [0.25, 0.3) is 0 Å². The van der Waals surface area contributed by atoms with Crippen molar-refractivity contribution >= 4 is 11.9 Å². The molecule has 1 saturated heterocycles. The third kappa shape index (κ3) is 2.29. The maximum Gasteiger partial charge on any atom is 0.326 e. The van der Waals surface area contributed by atoms with Crippen LogP contribution < -0.4 is 5.32 Å². The molecule has 0 radical (unpaired) electrons. The van der Waals surface area contributed by atoms with Crippen molar-refractivity contribution in [3.63, 3.8) is 0 Å². The monoisotopic (exact) mass is 241 g/mol. The highest BCUT2D eigenvalue weighted by molar-refractivity contribution is 6.04. The Morgan fingerprint density at radius 2 is 1.88 bits per heavy atom. The van der Waals surface area contributed by atoms with Crippen LogP contribution in [0.3, 0.4) is 0 Å². The van der Waals surface area contributed by atoms with E-state index in [0.717, 1.165) is 25.7 Å². The molecule has 17 heavy (non-hydrogen) atoms. The summed E-state index contributed by atoms with van der Waals surface area (Å²) in [4.78, 5) is 23.8. The summed E-state index contributed by atoms with van der Waals surface area (Å²) >= 11 is 0. The first-order valence-electron chi connectivity index (χ1n) is 6.16. The largest absolute Gasteiger partial charge is 0.468 e. The van der Waals surface area contributed by atoms with Crippen LogP contribution in [0.5, 0.6) is 0 Å². The Bertz CT molecular complexity index is 306. The van der Waals surface area contributed by atoms with Gasteiger partial charge in [0.15, 0.2) is 5.41 Å². The normalized spacial score (nSPS) is 23.6. The first-order valence-corrected chi connectivity index (χ1v) is 6.16. The lowest BCUT2D eigenvalue weighted by Gasteiger charge is -2.38. The molecule has 2 rings (SSSR count). The first-order chi connectivity index (χ1) is 8.19. The number of methoxy groups -OCH3 is 1. The Kier molecular flexibility index (Phi) is 3.66. The van der Waals surface area contributed by atoms with Crippen LogP contribution in [0.4, 0.5) is 0 Å². The number of esters is 1. The minimum absolute atomic E-state index is 0.137. The van der Waals surface area contributed by atoms with Gasteiger partial charge >= 0.3 is 5.97 Å². The van der Waals surface area contributed by atoms with Crippen LogP contribution in [0.25, 0.3) is 0 Å². The summed E-state index contributed by atoms with van der Waals surface area (Å²) in [6.45, 7) is 0.274. The van der Waals surface area contributed by atoms with E-state index in [1.165, 1.54) is 13.5 Å². The number of carbonyl (C=O) groups is 2. The molecule has 1 saturated carbocycles. The highest BCUT2D eigenvalue weighted by Crippen LogP contribution is 2.30. The lowest BCUT2D eigenvalue weighted by Crippen LogP contribution is -2.60. The van der Waals surface area contributed by atoms with Gasteiger partial charge < -0.3 is 14.8 Å². The smallest absolute Gasteiger partial charge is 0.326 e. The van der Waals surface area contributed by atoms with E-state index >= 15 is 0 Å². The molecule has 2 aliphatic rings. The number of hydrogen-bond donors (Lipinski definition) is 1. The quantitative estimate of drug-likeness (QED) is 0.581. The van der Waals surface area contributed by atoms with Gasteiger partial charge in [0, 0.05) is 6.04 Å². The second-order valence-corrected chi connectivity index (χ2v) is 4.87. The Labute approximate surface area is 101 Å². The fraction of sp³-hybridized carbons (Fsp3) is 0.833. The Morgan fingerprint density at radius 3 is 2.35 bits per heavy atom. The van der Waals surface area contributed by atoms with Crippen LogP contribution >= 0.6 is 0 Å². The van der Waals surface area contributed by atoms with Crippen LogP contribution in [-0.2, 0) is 19.1 Å². The fourth-order valence-electron chi connectivity index (χ4n) is 2.41. The van der Waals surface area contributed by atoms with E-state index in [1.807, 2.05) is 0 Å². The van der Waals surface area contributed by atoms with Gasteiger partial charge in [-0.3, -0.25) is 9.59 Å². The minimum atomic E-state index is -1.09. The molecule has 0 aromatic heterocycles. The van der Waals surface area contributed by atoms with Crippen molar-refractivity contribution in [3.05, 3.63) is 0 Å². The molecule has 1 aliphatic carbocycles. The van der Waals surface area contributed by atoms with Crippen LogP contribution in [0.15, 0.2) is 0 Å². The molecule has 1 amide bonds. The van der Waals surface area contributed by atoms with Gasteiger partial charge in [-0.05, 0) is 12.8 Å². The van der Waals surface area contributed by atoms with E-state index in [0.29, 0.717) is 0 Å². The summed E-state index contributed by atoms with van der Waals surface area (Å²) in [5.74, 6) is -0.723. The molecule has 0 aromatic carbocycles. The van der Waals surface area contributed by atoms with E-state index in [-0.39, 0.29) is 25.2 Å². The number of hydrogen-bond acceptors (Lipinski definition) is 4. The molecule has 1 aliphatic heterocycles. The molecule has 1 N–H and O–H groups in total. The molecule has 0 bridgehead atoms. The zero-order valence-corrected chi connectivity index (χ0v) is 10.2. The van der Waals surface area contributed by atoms with Crippen LogP contribution in [0.2, 0.25) is 0 Å². The van der Waals surface area contributed by atoms with E-state index in [2.05, 4.69) is 10.1 Å². The van der Waals surface area contributed by atoms with Crippen LogP contribution in [0.1, 0.15) is 32.1 Å². The second kappa shape index (κ2) is 5.04. The van der Waals surface area contributed by atoms with Gasteiger partial charge in [-0.1, -0.05) is 19.3 Å². The lowest BCUT2D eigenvalue weighted by molar-refractivity contribution is -0.188. The number of nitrogens with one attached hydrogen (secondary N) is 1. The topological polar surface area (TPSA) is 64.6 Å². The molecular weight excluding hydrogens is 222 g/mol. The summed E-state index contributed by atoms with van der Waals surface area (Å²) in [5.41, 5.74) is -1.09. The molecule has 2 fully saturated rings. The molecule has 0 spiro atoms. The van der Waals surface area contributed by atoms with E-state index in [9.17, 15) is 9.59 Å². The van der Waals surface area contributed by atoms with Crippen molar-refractivity contribution in [2.24, 2.45) is 5.41 Å². The van der Waals surface area contributed by atoms with Crippen molar-refractivity contribution in [3.8, 4) is 0 Å². The summed E-state index contributed by atoms with van der Waals surface area (Å²) in [7, 11) is 1.30. The summed E-state index contributed by atoms with van der Waals surface area (Å²) in [5, 5.41) is 2.96. The summed E-state index contributed by atoms with van der Waals surface area (Å²) < 4.78 is 9.70. The molecule has 5 heteroatoms. The average Bonchev–Trinajstić information content (AvgIpc) is 2.28. The molecule has 96 valence electrons. The third-order valence-electron chi connectivity index (χ3n) is 3.65. The second-order valence-electron chi connectivity index (χ2n) is 4.87. The van der Waals surface area contributed by atoms with Crippen molar-refractivity contribution in [2.75, 3.05) is 20.3 Å².